The molecule has 0 aromatic carbocycles. The molecule has 1 aromatic heterocycles. The van der Waals surface area contributed by atoms with Crippen LogP contribution in [0.25, 0.3) is 0 Å². The van der Waals surface area contributed by atoms with Crippen molar-refractivity contribution in [3.63, 3.8) is 0 Å². The molecule has 0 spiro atoms. The van der Waals surface area contributed by atoms with E-state index in [-0.39, 0.29) is 12.7 Å². The van der Waals surface area contributed by atoms with Gasteiger partial charge in [-0.1, -0.05) is 0 Å². The lowest BCUT2D eigenvalue weighted by molar-refractivity contribution is -0.0247. The first kappa shape index (κ1) is 11.8. The van der Waals surface area contributed by atoms with Crippen molar-refractivity contribution in [2.24, 2.45) is 0 Å². The summed E-state index contributed by atoms with van der Waals surface area (Å²) in [6.45, 7) is -0.0499. The van der Waals surface area contributed by atoms with E-state index in [2.05, 4.69) is 4.98 Å². The van der Waals surface area contributed by atoms with Crippen LogP contribution < -0.4 is 11.2 Å². The average Bonchev–Trinajstić information content (AvgIpc) is 2.71. The van der Waals surface area contributed by atoms with Crippen molar-refractivity contribution < 1.29 is 9.84 Å². The first-order valence-corrected chi connectivity index (χ1v) is 5.97. The number of nitrogens with zero attached hydrogens (tertiary/aromatic N) is 1. The summed E-state index contributed by atoms with van der Waals surface area (Å²) in [6.07, 6.45) is 2.24. The number of aliphatic hydroxyl groups is 1. The van der Waals surface area contributed by atoms with Gasteiger partial charge in [-0.2, -0.15) is 0 Å². The lowest BCUT2D eigenvalue weighted by Gasteiger charge is -2.14. The van der Waals surface area contributed by atoms with Gasteiger partial charge >= 0.3 is 5.69 Å². The van der Waals surface area contributed by atoms with Crippen LogP contribution in [-0.2, 0) is 4.74 Å². The van der Waals surface area contributed by atoms with E-state index in [9.17, 15) is 9.59 Å². The Bertz CT molecular complexity index is 495. The molecule has 2 heterocycles. The predicted octanol–water partition coefficient (Wildman–Crippen LogP) is -0.189. The predicted molar refractivity (Wildman–Crippen MR) is 64.3 cm³/mol. The molecular weight excluding hydrogens is 327 g/mol. The van der Waals surface area contributed by atoms with Gasteiger partial charge < -0.3 is 9.84 Å². The van der Waals surface area contributed by atoms with Gasteiger partial charge in [-0.15, -0.1) is 0 Å². The van der Waals surface area contributed by atoms with Crippen molar-refractivity contribution in [2.45, 2.75) is 25.2 Å². The molecule has 16 heavy (non-hydrogen) atoms. The quantitative estimate of drug-likeness (QED) is 0.733. The molecule has 0 bridgehead atoms. The third-order valence-electron chi connectivity index (χ3n) is 2.52. The lowest BCUT2D eigenvalue weighted by Crippen LogP contribution is -2.33. The lowest BCUT2D eigenvalue weighted by atomic mass is 10.2. The molecule has 1 aliphatic heterocycles. The monoisotopic (exact) mass is 338 g/mol. The van der Waals surface area contributed by atoms with Crippen molar-refractivity contribution in [2.75, 3.05) is 6.61 Å². The molecule has 0 radical (unpaired) electrons. The van der Waals surface area contributed by atoms with Crippen LogP contribution in [0.2, 0.25) is 0 Å². The van der Waals surface area contributed by atoms with E-state index in [1.165, 1.54) is 10.8 Å². The summed E-state index contributed by atoms with van der Waals surface area (Å²) in [5, 5.41) is 8.93. The molecule has 0 saturated carbocycles. The van der Waals surface area contributed by atoms with Gasteiger partial charge in [0.25, 0.3) is 5.56 Å². The minimum atomic E-state index is -0.478. The van der Waals surface area contributed by atoms with E-state index in [1.807, 2.05) is 22.6 Å². The number of rotatable bonds is 2. The summed E-state index contributed by atoms with van der Waals surface area (Å²) < 4.78 is 7.26. The van der Waals surface area contributed by atoms with E-state index < -0.39 is 17.5 Å². The molecule has 2 atom stereocenters. The highest BCUT2D eigenvalue weighted by Gasteiger charge is 2.26. The molecule has 6 nitrogen and oxygen atoms in total. The van der Waals surface area contributed by atoms with Gasteiger partial charge in [0.2, 0.25) is 0 Å². The standard InChI is InChI=1S/C9H11IN2O4/c10-6-3-12(9(15)11-8(6)14)7-2-1-5(4-13)16-7/h3,5,7,13H,1-2,4H2,(H,11,14,15)/t5-,7-/m0/s1. The van der Waals surface area contributed by atoms with Crippen LogP contribution in [0.15, 0.2) is 15.8 Å². The zero-order valence-corrected chi connectivity index (χ0v) is 10.5. The van der Waals surface area contributed by atoms with Crippen LogP contribution in [0.4, 0.5) is 0 Å². The molecule has 1 aromatic rings. The Labute approximate surface area is 104 Å². The summed E-state index contributed by atoms with van der Waals surface area (Å²) in [4.78, 5) is 24.9. The first-order chi connectivity index (χ1) is 7.61. The summed E-state index contributed by atoms with van der Waals surface area (Å²) in [6, 6.07) is 0. The Hall–Kier alpha value is -0.670. The summed E-state index contributed by atoms with van der Waals surface area (Å²) >= 11 is 1.86. The third kappa shape index (κ3) is 2.20. The topological polar surface area (TPSA) is 84.3 Å². The Morgan fingerprint density at radius 1 is 1.56 bits per heavy atom. The molecule has 1 saturated heterocycles. The Kier molecular flexibility index (Phi) is 3.45. The third-order valence-corrected chi connectivity index (χ3v) is 3.29. The van der Waals surface area contributed by atoms with Gasteiger partial charge in [0, 0.05) is 6.20 Å². The fourth-order valence-electron chi connectivity index (χ4n) is 1.70. The first-order valence-electron chi connectivity index (χ1n) is 4.89. The highest BCUT2D eigenvalue weighted by Crippen LogP contribution is 2.26. The zero-order chi connectivity index (χ0) is 11.7. The number of ether oxygens (including phenoxy) is 1. The van der Waals surface area contributed by atoms with Crippen molar-refractivity contribution in [3.8, 4) is 0 Å². The molecule has 0 unspecified atom stereocenters. The molecule has 0 amide bonds. The highest BCUT2D eigenvalue weighted by molar-refractivity contribution is 14.1. The number of aromatic amines is 1. The average molecular weight is 338 g/mol. The van der Waals surface area contributed by atoms with Crippen molar-refractivity contribution in [1.29, 1.82) is 0 Å². The Morgan fingerprint density at radius 3 is 2.94 bits per heavy atom. The number of aliphatic hydroxyl groups excluding tert-OH is 1. The second kappa shape index (κ2) is 4.68. The molecule has 1 aliphatic rings. The summed E-state index contributed by atoms with van der Waals surface area (Å²) in [5.74, 6) is 0. The maximum atomic E-state index is 11.5. The van der Waals surface area contributed by atoms with E-state index in [0.29, 0.717) is 16.4 Å². The number of aromatic nitrogens is 2. The van der Waals surface area contributed by atoms with E-state index in [0.717, 1.165) is 0 Å². The van der Waals surface area contributed by atoms with Crippen molar-refractivity contribution >= 4 is 22.6 Å². The van der Waals surface area contributed by atoms with Crippen LogP contribution in [-0.4, -0.2) is 27.4 Å². The van der Waals surface area contributed by atoms with Crippen LogP contribution in [0.5, 0.6) is 0 Å². The van der Waals surface area contributed by atoms with Crippen LogP contribution in [0.3, 0.4) is 0 Å². The fraction of sp³-hybridized carbons (Fsp3) is 0.556. The maximum Gasteiger partial charge on any atom is 0.330 e. The number of hydrogen-bond acceptors (Lipinski definition) is 4. The van der Waals surface area contributed by atoms with Gasteiger partial charge in [-0.3, -0.25) is 14.3 Å². The molecule has 0 aliphatic carbocycles. The van der Waals surface area contributed by atoms with Crippen molar-refractivity contribution in [3.05, 3.63) is 30.6 Å². The number of H-pyrrole nitrogens is 1. The second-order valence-corrected chi connectivity index (χ2v) is 4.78. The number of nitrogens with one attached hydrogen (secondary N) is 1. The van der Waals surface area contributed by atoms with Gasteiger partial charge in [0.15, 0.2) is 0 Å². The van der Waals surface area contributed by atoms with Crippen LogP contribution >= 0.6 is 22.6 Å². The van der Waals surface area contributed by atoms with Gasteiger partial charge in [-0.05, 0) is 35.4 Å². The molecule has 88 valence electrons. The smallest absolute Gasteiger partial charge is 0.330 e. The van der Waals surface area contributed by atoms with Gasteiger partial charge in [-0.25, -0.2) is 4.79 Å². The minimum Gasteiger partial charge on any atom is -0.394 e. The largest absolute Gasteiger partial charge is 0.394 e. The molecule has 7 heteroatoms. The molecule has 2 rings (SSSR count). The minimum absolute atomic E-state index is 0.0499. The van der Waals surface area contributed by atoms with E-state index >= 15 is 0 Å². The van der Waals surface area contributed by atoms with Crippen LogP contribution in [0.1, 0.15) is 19.1 Å². The summed E-state index contributed by atoms with van der Waals surface area (Å²) in [7, 11) is 0. The normalized spacial score (nSPS) is 24.9. The fourth-order valence-corrected chi connectivity index (χ4v) is 2.14. The van der Waals surface area contributed by atoms with Gasteiger partial charge in [0.1, 0.15) is 6.23 Å². The van der Waals surface area contributed by atoms with Crippen LogP contribution in [0, 0.1) is 3.57 Å². The Morgan fingerprint density at radius 2 is 2.31 bits per heavy atom. The molecule has 1 fully saturated rings. The second-order valence-electron chi connectivity index (χ2n) is 3.62. The SMILES string of the molecule is O=c1[nH]c(=O)n([C@@H]2CC[C@@H](CO)O2)cc1I. The number of halogens is 1. The highest BCUT2D eigenvalue weighted by atomic mass is 127. The Balaban J connectivity index is 2.32. The van der Waals surface area contributed by atoms with Gasteiger partial charge in [0.05, 0.1) is 16.3 Å². The number of hydrogen-bond donors (Lipinski definition) is 2. The summed E-state index contributed by atoms with van der Waals surface area (Å²) in [5.41, 5.74) is -0.868. The maximum absolute atomic E-state index is 11.5. The molecule has 2 N–H and O–H groups in total. The zero-order valence-electron chi connectivity index (χ0n) is 8.35. The molecular formula is C9H11IN2O4. The van der Waals surface area contributed by atoms with E-state index in [1.54, 1.807) is 0 Å². The van der Waals surface area contributed by atoms with Crippen molar-refractivity contribution in [1.82, 2.24) is 9.55 Å². The van der Waals surface area contributed by atoms with E-state index in [4.69, 9.17) is 9.84 Å².